The van der Waals surface area contributed by atoms with Crippen molar-refractivity contribution in [2.45, 2.75) is 25.1 Å². The molecule has 0 aliphatic carbocycles. The van der Waals surface area contributed by atoms with Gasteiger partial charge in [0, 0.05) is 6.04 Å². The molecular formula is C7H12F3NO. The van der Waals surface area contributed by atoms with Crippen LogP contribution in [0.15, 0.2) is 0 Å². The Labute approximate surface area is 69.1 Å². The molecule has 5 heteroatoms. The summed E-state index contributed by atoms with van der Waals surface area (Å²) in [7, 11) is 0. The van der Waals surface area contributed by atoms with E-state index in [1.807, 2.05) is 0 Å². The molecule has 72 valence electrons. The van der Waals surface area contributed by atoms with E-state index in [4.69, 9.17) is 0 Å². The second-order valence-electron chi connectivity index (χ2n) is 2.92. The zero-order chi connectivity index (χ0) is 9.03. The summed E-state index contributed by atoms with van der Waals surface area (Å²) in [5, 5.41) is 3.05. The van der Waals surface area contributed by atoms with Crippen LogP contribution in [-0.2, 0) is 4.74 Å². The van der Waals surface area contributed by atoms with Crippen molar-refractivity contribution in [2.75, 3.05) is 19.8 Å². The Morgan fingerprint density at radius 1 is 1.42 bits per heavy atom. The molecule has 0 radical (unpaired) electrons. The van der Waals surface area contributed by atoms with Crippen LogP contribution in [-0.4, -0.2) is 32.0 Å². The summed E-state index contributed by atoms with van der Waals surface area (Å²) in [4.78, 5) is 0. The second kappa shape index (κ2) is 4.09. The van der Waals surface area contributed by atoms with Crippen LogP contribution in [0.1, 0.15) is 12.8 Å². The Morgan fingerprint density at radius 2 is 2.17 bits per heavy atom. The van der Waals surface area contributed by atoms with Gasteiger partial charge in [0.25, 0.3) is 0 Å². The highest BCUT2D eigenvalue weighted by molar-refractivity contribution is 4.73. The fraction of sp³-hybridized carbons (Fsp3) is 1.00. The van der Waals surface area contributed by atoms with Crippen molar-refractivity contribution in [3.8, 4) is 0 Å². The van der Waals surface area contributed by atoms with Crippen LogP contribution in [0.25, 0.3) is 0 Å². The molecule has 1 aliphatic heterocycles. The molecule has 12 heavy (non-hydrogen) atoms. The van der Waals surface area contributed by atoms with E-state index >= 15 is 0 Å². The molecule has 0 amide bonds. The molecule has 1 heterocycles. The summed E-state index contributed by atoms with van der Waals surface area (Å²) in [5.41, 5.74) is 0. The van der Waals surface area contributed by atoms with Crippen molar-refractivity contribution in [3.05, 3.63) is 0 Å². The predicted octanol–water partition coefficient (Wildman–Crippen LogP) is 1.32. The van der Waals surface area contributed by atoms with E-state index in [9.17, 15) is 13.2 Å². The van der Waals surface area contributed by atoms with Crippen molar-refractivity contribution in [1.82, 2.24) is 5.32 Å². The number of halogens is 3. The van der Waals surface area contributed by atoms with Gasteiger partial charge in [0.2, 0.25) is 0 Å². The molecule has 1 N–H and O–H groups in total. The van der Waals surface area contributed by atoms with E-state index in [0.717, 1.165) is 19.4 Å². The average Bonchev–Trinajstić information content (AvgIpc) is 2.36. The van der Waals surface area contributed by atoms with Gasteiger partial charge in [-0.05, 0) is 19.4 Å². The fourth-order valence-electron chi connectivity index (χ4n) is 1.22. The van der Waals surface area contributed by atoms with Crippen LogP contribution in [0.5, 0.6) is 0 Å². The Hall–Kier alpha value is -0.290. The highest BCUT2D eigenvalue weighted by Gasteiger charge is 2.28. The molecule has 0 aromatic rings. The van der Waals surface area contributed by atoms with Crippen molar-refractivity contribution in [1.29, 1.82) is 0 Å². The van der Waals surface area contributed by atoms with Gasteiger partial charge in [-0.3, -0.25) is 0 Å². The lowest BCUT2D eigenvalue weighted by molar-refractivity contribution is -0.175. The van der Waals surface area contributed by atoms with Gasteiger partial charge in [-0.15, -0.1) is 0 Å². The molecule has 1 fully saturated rings. The maximum absolute atomic E-state index is 11.6. The third-order valence-corrected chi connectivity index (χ3v) is 1.75. The first-order chi connectivity index (χ1) is 5.58. The fourth-order valence-corrected chi connectivity index (χ4v) is 1.22. The maximum Gasteiger partial charge on any atom is 0.411 e. The topological polar surface area (TPSA) is 21.3 Å². The molecule has 1 atom stereocenters. The quantitative estimate of drug-likeness (QED) is 0.712. The van der Waals surface area contributed by atoms with E-state index in [1.165, 1.54) is 0 Å². The minimum absolute atomic E-state index is 0.118. The van der Waals surface area contributed by atoms with Gasteiger partial charge in [0.05, 0.1) is 6.61 Å². The van der Waals surface area contributed by atoms with Gasteiger partial charge in [-0.25, -0.2) is 0 Å². The van der Waals surface area contributed by atoms with Crippen LogP contribution in [0.2, 0.25) is 0 Å². The number of alkyl halides is 3. The molecule has 0 bridgehead atoms. The van der Waals surface area contributed by atoms with E-state index < -0.39 is 12.8 Å². The van der Waals surface area contributed by atoms with Crippen LogP contribution >= 0.6 is 0 Å². The molecule has 0 aromatic carbocycles. The third kappa shape index (κ3) is 3.92. The van der Waals surface area contributed by atoms with Gasteiger partial charge in [0.15, 0.2) is 0 Å². The number of rotatable bonds is 3. The first-order valence-electron chi connectivity index (χ1n) is 3.96. The first-order valence-corrected chi connectivity index (χ1v) is 3.96. The number of nitrogens with one attached hydrogen (secondary N) is 1. The molecular weight excluding hydrogens is 171 g/mol. The van der Waals surface area contributed by atoms with Crippen LogP contribution in [0.4, 0.5) is 13.2 Å². The minimum atomic E-state index is -4.20. The summed E-state index contributed by atoms with van der Waals surface area (Å²) < 4.78 is 39.2. The molecule has 0 aromatic heterocycles. The van der Waals surface area contributed by atoms with E-state index in [-0.39, 0.29) is 12.6 Å². The van der Waals surface area contributed by atoms with E-state index in [0.29, 0.717) is 0 Å². The normalized spacial score (nSPS) is 24.8. The Bertz CT molecular complexity index is 131. The van der Waals surface area contributed by atoms with Gasteiger partial charge in [0.1, 0.15) is 6.61 Å². The molecule has 1 aliphatic rings. The zero-order valence-corrected chi connectivity index (χ0v) is 6.66. The first kappa shape index (κ1) is 9.80. The molecule has 1 rings (SSSR count). The van der Waals surface area contributed by atoms with Gasteiger partial charge >= 0.3 is 6.18 Å². The Balaban J connectivity index is 2.02. The molecule has 2 nitrogen and oxygen atoms in total. The number of hydrogen-bond acceptors (Lipinski definition) is 2. The van der Waals surface area contributed by atoms with Gasteiger partial charge in [-0.1, -0.05) is 0 Å². The monoisotopic (exact) mass is 183 g/mol. The van der Waals surface area contributed by atoms with E-state index in [1.54, 1.807) is 0 Å². The van der Waals surface area contributed by atoms with Gasteiger partial charge < -0.3 is 10.1 Å². The second-order valence-corrected chi connectivity index (χ2v) is 2.92. The Kier molecular flexibility index (Phi) is 3.34. The van der Waals surface area contributed by atoms with E-state index in [2.05, 4.69) is 10.1 Å². The van der Waals surface area contributed by atoms with Crippen molar-refractivity contribution in [2.24, 2.45) is 0 Å². The summed E-state index contributed by atoms with van der Waals surface area (Å²) in [6, 6.07) is 0.118. The predicted molar refractivity (Wildman–Crippen MR) is 37.9 cm³/mol. The molecule has 1 unspecified atom stereocenters. The minimum Gasteiger partial charge on any atom is -0.370 e. The highest BCUT2D eigenvalue weighted by Crippen LogP contribution is 2.15. The van der Waals surface area contributed by atoms with Crippen LogP contribution in [0, 0.1) is 0 Å². The largest absolute Gasteiger partial charge is 0.411 e. The van der Waals surface area contributed by atoms with Gasteiger partial charge in [-0.2, -0.15) is 13.2 Å². The summed E-state index contributed by atoms with van der Waals surface area (Å²) in [6.45, 7) is -0.0786. The number of ether oxygens (including phenoxy) is 1. The summed E-state index contributed by atoms with van der Waals surface area (Å²) in [5.74, 6) is 0. The molecule has 0 spiro atoms. The standard InChI is InChI=1S/C7H12F3NO/c8-7(9,10)5-12-4-6-2-1-3-11-6/h6,11H,1-5H2. The summed E-state index contributed by atoms with van der Waals surface area (Å²) >= 11 is 0. The number of hydrogen-bond donors (Lipinski definition) is 1. The lowest BCUT2D eigenvalue weighted by Crippen LogP contribution is -2.29. The summed E-state index contributed by atoms with van der Waals surface area (Å²) in [6.07, 6.45) is -2.25. The smallest absolute Gasteiger partial charge is 0.370 e. The van der Waals surface area contributed by atoms with Crippen molar-refractivity contribution >= 4 is 0 Å². The zero-order valence-electron chi connectivity index (χ0n) is 6.66. The Morgan fingerprint density at radius 3 is 2.67 bits per heavy atom. The third-order valence-electron chi connectivity index (χ3n) is 1.75. The van der Waals surface area contributed by atoms with Crippen LogP contribution < -0.4 is 5.32 Å². The molecule has 1 saturated heterocycles. The van der Waals surface area contributed by atoms with Crippen molar-refractivity contribution < 1.29 is 17.9 Å². The highest BCUT2D eigenvalue weighted by atomic mass is 19.4. The van der Waals surface area contributed by atoms with Crippen molar-refractivity contribution in [3.63, 3.8) is 0 Å². The maximum atomic E-state index is 11.6. The SMILES string of the molecule is FC(F)(F)COCC1CCCN1. The lowest BCUT2D eigenvalue weighted by atomic mass is 10.2. The van der Waals surface area contributed by atoms with Crippen LogP contribution in [0.3, 0.4) is 0 Å². The average molecular weight is 183 g/mol. The molecule has 0 saturated carbocycles. The lowest BCUT2D eigenvalue weighted by Gasteiger charge is -2.11.